The minimum absolute atomic E-state index is 0.224. The van der Waals surface area contributed by atoms with Crippen molar-refractivity contribution in [2.75, 3.05) is 11.4 Å². The van der Waals surface area contributed by atoms with Gasteiger partial charge in [-0.25, -0.2) is 9.97 Å². The van der Waals surface area contributed by atoms with Crippen molar-refractivity contribution in [1.82, 2.24) is 20.3 Å². The maximum Gasteiger partial charge on any atom is 0.270 e. The molecule has 6 nitrogen and oxygen atoms in total. The summed E-state index contributed by atoms with van der Waals surface area (Å²) in [6.45, 7) is 3.09. The van der Waals surface area contributed by atoms with Gasteiger partial charge in [0.2, 0.25) is 5.95 Å². The van der Waals surface area contributed by atoms with E-state index in [1.54, 1.807) is 12.3 Å². The predicted octanol–water partition coefficient (Wildman–Crippen LogP) is 3.19. The van der Waals surface area contributed by atoms with Gasteiger partial charge >= 0.3 is 0 Å². The number of amides is 1. The SMILES string of the molecule is Cc1cc(C(=O)NCc2ccccn2)nc(N2CCCc3ccccc32)n1. The van der Waals surface area contributed by atoms with Crippen molar-refractivity contribution in [2.45, 2.75) is 26.3 Å². The first kappa shape index (κ1) is 17.1. The molecule has 1 aromatic carbocycles. The lowest BCUT2D eigenvalue weighted by Gasteiger charge is -2.29. The number of nitrogens with one attached hydrogen (secondary N) is 1. The summed E-state index contributed by atoms with van der Waals surface area (Å²) in [5, 5.41) is 2.88. The van der Waals surface area contributed by atoms with Crippen LogP contribution in [0.3, 0.4) is 0 Å². The molecule has 6 heteroatoms. The van der Waals surface area contributed by atoms with E-state index < -0.39 is 0 Å². The van der Waals surface area contributed by atoms with Gasteiger partial charge in [0.15, 0.2) is 0 Å². The fraction of sp³-hybridized carbons (Fsp3) is 0.238. The van der Waals surface area contributed by atoms with Crippen LogP contribution in [0.25, 0.3) is 0 Å². The number of benzene rings is 1. The average molecular weight is 359 g/mol. The molecule has 4 rings (SSSR count). The van der Waals surface area contributed by atoms with Gasteiger partial charge in [-0.1, -0.05) is 24.3 Å². The summed E-state index contributed by atoms with van der Waals surface area (Å²) in [4.78, 5) is 28.1. The highest BCUT2D eigenvalue weighted by Crippen LogP contribution is 2.31. The molecule has 0 spiro atoms. The van der Waals surface area contributed by atoms with Gasteiger partial charge < -0.3 is 10.2 Å². The Kier molecular flexibility index (Phi) is 4.78. The number of aryl methyl sites for hydroxylation is 2. The molecule has 0 fully saturated rings. The zero-order valence-corrected chi connectivity index (χ0v) is 15.2. The van der Waals surface area contributed by atoms with E-state index in [4.69, 9.17) is 0 Å². The van der Waals surface area contributed by atoms with Crippen LogP contribution in [0.5, 0.6) is 0 Å². The van der Waals surface area contributed by atoms with Crippen LogP contribution in [0.2, 0.25) is 0 Å². The van der Waals surface area contributed by atoms with Gasteiger partial charge in [-0.05, 0) is 49.6 Å². The second kappa shape index (κ2) is 7.53. The highest BCUT2D eigenvalue weighted by Gasteiger charge is 2.21. The number of rotatable bonds is 4. The summed E-state index contributed by atoms with van der Waals surface area (Å²) >= 11 is 0. The summed E-state index contributed by atoms with van der Waals surface area (Å²) in [7, 11) is 0. The molecule has 0 atom stereocenters. The number of hydrogen-bond acceptors (Lipinski definition) is 5. The zero-order valence-electron chi connectivity index (χ0n) is 15.2. The average Bonchev–Trinajstić information content (AvgIpc) is 2.72. The Morgan fingerprint density at radius 2 is 2.00 bits per heavy atom. The van der Waals surface area contributed by atoms with E-state index in [0.717, 1.165) is 36.5 Å². The third-order valence-electron chi connectivity index (χ3n) is 4.58. The van der Waals surface area contributed by atoms with Crippen molar-refractivity contribution in [3.8, 4) is 0 Å². The lowest BCUT2D eigenvalue weighted by Crippen LogP contribution is -2.29. The number of hydrogen-bond donors (Lipinski definition) is 1. The van der Waals surface area contributed by atoms with Crippen LogP contribution >= 0.6 is 0 Å². The third-order valence-corrected chi connectivity index (χ3v) is 4.58. The number of para-hydroxylation sites is 1. The summed E-state index contributed by atoms with van der Waals surface area (Å²) in [6, 6.07) is 15.6. The van der Waals surface area contributed by atoms with Crippen molar-refractivity contribution in [3.63, 3.8) is 0 Å². The molecule has 0 unspecified atom stereocenters. The number of aromatic nitrogens is 3. The zero-order chi connectivity index (χ0) is 18.6. The van der Waals surface area contributed by atoms with Crippen molar-refractivity contribution in [3.05, 3.63) is 77.4 Å². The fourth-order valence-electron chi connectivity index (χ4n) is 3.30. The molecule has 2 aromatic heterocycles. The maximum atomic E-state index is 12.6. The van der Waals surface area contributed by atoms with Crippen molar-refractivity contribution < 1.29 is 4.79 Å². The number of anilines is 2. The molecule has 27 heavy (non-hydrogen) atoms. The van der Waals surface area contributed by atoms with Crippen LogP contribution in [0.15, 0.2) is 54.7 Å². The number of pyridine rings is 1. The fourth-order valence-corrected chi connectivity index (χ4v) is 3.30. The number of fused-ring (bicyclic) bond motifs is 1. The Hall–Kier alpha value is -3.28. The van der Waals surface area contributed by atoms with Crippen molar-refractivity contribution in [1.29, 1.82) is 0 Å². The molecule has 136 valence electrons. The summed E-state index contributed by atoms with van der Waals surface area (Å²) in [5.74, 6) is 0.350. The Morgan fingerprint density at radius 3 is 2.85 bits per heavy atom. The Morgan fingerprint density at radius 1 is 1.15 bits per heavy atom. The van der Waals surface area contributed by atoms with Crippen molar-refractivity contribution >= 4 is 17.5 Å². The van der Waals surface area contributed by atoms with E-state index in [1.165, 1.54) is 5.56 Å². The number of nitrogens with zero attached hydrogens (tertiary/aromatic N) is 4. The molecule has 0 bridgehead atoms. The van der Waals surface area contributed by atoms with Crippen LogP contribution in [0.4, 0.5) is 11.6 Å². The highest BCUT2D eigenvalue weighted by atomic mass is 16.1. The molecule has 0 aliphatic carbocycles. The summed E-state index contributed by atoms with van der Waals surface area (Å²) in [5.41, 5.74) is 4.36. The molecule has 3 aromatic rings. The molecular weight excluding hydrogens is 338 g/mol. The molecule has 3 heterocycles. The smallest absolute Gasteiger partial charge is 0.270 e. The minimum atomic E-state index is -0.224. The lowest BCUT2D eigenvalue weighted by molar-refractivity contribution is 0.0945. The van der Waals surface area contributed by atoms with E-state index in [1.807, 2.05) is 31.2 Å². The Bertz CT molecular complexity index is 958. The van der Waals surface area contributed by atoms with Gasteiger partial charge in [-0.2, -0.15) is 0 Å². The first-order valence-corrected chi connectivity index (χ1v) is 9.10. The van der Waals surface area contributed by atoms with Crippen LogP contribution in [-0.2, 0) is 13.0 Å². The van der Waals surface area contributed by atoms with Crippen LogP contribution in [0, 0.1) is 6.92 Å². The molecule has 1 amide bonds. The van der Waals surface area contributed by atoms with Crippen LogP contribution < -0.4 is 10.2 Å². The van der Waals surface area contributed by atoms with E-state index >= 15 is 0 Å². The van der Waals surface area contributed by atoms with E-state index in [2.05, 4.69) is 43.4 Å². The van der Waals surface area contributed by atoms with Crippen molar-refractivity contribution in [2.24, 2.45) is 0 Å². The van der Waals surface area contributed by atoms with Crippen LogP contribution in [0.1, 0.15) is 33.9 Å². The number of carbonyl (C=O) groups excluding carboxylic acids is 1. The van der Waals surface area contributed by atoms with E-state index in [9.17, 15) is 4.79 Å². The first-order valence-electron chi connectivity index (χ1n) is 9.10. The standard InChI is InChI=1S/C21H21N5O/c1-15-13-18(20(27)23-14-17-9-4-5-11-22-17)25-21(24-15)26-12-6-8-16-7-2-3-10-19(16)26/h2-5,7,9-11,13H,6,8,12,14H2,1H3,(H,23,27). The minimum Gasteiger partial charge on any atom is -0.345 e. The molecule has 0 saturated heterocycles. The monoisotopic (exact) mass is 359 g/mol. The molecule has 1 aliphatic heterocycles. The number of carbonyl (C=O) groups is 1. The van der Waals surface area contributed by atoms with Gasteiger partial charge in [0, 0.05) is 24.1 Å². The molecule has 1 N–H and O–H groups in total. The molecule has 0 saturated carbocycles. The van der Waals surface area contributed by atoms with E-state index in [0.29, 0.717) is 18.2 Å². The van der Waals surface area contributed by atoms with E-state index in [-0.39, 0.29) is 5.91 Å². The maximum absolute atomic E-state index is 12.6. The van der Waals surface area contributed by atoms with Gasteiger partial charge in [-0.3, -0.25) is 9.78 Å². The molecular formula is C21H21N5O. The van der Waals surface area contributed by atoms with Gasteiger partial charge in [0.1, 0.15) is 5.69 Å². The predicted molar refractivity (Wildman–Crippen MR) is 104 cm³/mol. The lowest BCUT2D eigenvalue weighted by atomic mass is 10.0. The molecule has 1 aliphatic rings. The van der Waals surface area contributed by atoms with Crippen LogP contribution in [-0.4, -0.2) is 27.4 Å². The largest absolute Gasteiger partial charge is 0.345 e. The van der Waals surface area contributed by atoms with Gasteiger partial charge in [0.05, 0.1) is 12.2 Å². The van der Waals surface area contributed by atoms with Gasteiger partial charge in [-0.15, -0.1) is 0 Å². The quantitative estimate of drug-likeness (QED) is 0.775. The third kappa shape index (κ3) is 3.79. The first-order chi connectivity index (χ1) is 13.2. The summed E-state index contributed by atoms with van der Waals surface area (Å²) in [6.07, 6.45) is 3.80. The normalized spacial score (nSPS) is 13.1. The second-order valence-corrected chi connectivity index (χ2v) is 6.58. The highest BCUT2D eigenvalue weighted by molar-refractivity contribution is 5.92. The summed E-state index contributed by atoms with van der Waals surface area (Å²) < 4.78 is 0. The Labute approximate surface area is 158 Å². The Balaban J connectivity index is 1.58. The van der Waals surface area contributed by atoms with Gasteiger partial charge in [0.25, 0.3) is 5.91 Å². The topological polar surface area (TPSA) is 71.0 Å². The second-order valence-electron chi connectivity index (χ2n) is 6.58. The molecule has 0 radical (unpaired) electrons.